The smallest absolute Gasteiger partial charge is 0.258 e. The summed E-state index contributed by atoms with van der Waals surface area (Å²) in [4.78, 5) is 8.36. The fraction of sp³-hybridized carbons (Fsp3) is 0.0714. The Kier molecular flexibility index (Phi) is 2.83. The van der Waals surface area contributed by atoms with Crippen LogP contribution in [-0.2, 0) is 0 Å². The molecule has 2 aromatic heterocycles. The van der Waals surface area contributed by atoms with Gasteiger partial charge in [-0.1, -0.05) is 5.16 Å². The van der Waals surface area contributed by atoms with E-state index in [2.05, 4.69) is 15.1 Å². The molecule has 0 saturated carbocycles. The molecule has 20 heavy (non-hydrogen) atoms. The maximum Gasteiger partial charge on any atom is 0.258 e. The number of nitrogens with two attached hydrogens (primary N) is 1. The van der Waals surface area contributed by atoms with Crippen LogP contribution in [0.4, 0.5) is 5.69 Å². The lowest BCUT2D eigenvalue weighted by Gasteiger charge is -1.99. The van der Waals surface area contributed by atoms with Crippen LogP contribution < -0.4 is 5.73 Å². The molecule has 0 atom stereocenters. The Morgan fingerprint density at radius 2 is 2.10 bits per heavy atom. The number of benzene rings is 1. The Hall–Kier alpha value is -2.89. The summed E-state index contributed by atoms with van der Waals surface area (Å²) in [6.45, 7) is 1.95. The number of phenols is 1. The van der Waals surface area contributed by atoms with Crippen LogP contribution in [0.1, 0.15) is 5.56 Å². The quantitative estimate of drug-likeness (QED) is 0.547. The number of hydrogen-bond donors (Lipinski definition) is 2. The lowest BCUT2D eigenvalue weighted by Crippen LogP contribution is -1.88. The molecule has 3 aromatic rings. The highest BCUT2D eigenvalue weighted by Crippen LogP contribution is 2.28. The fourth-order valence-corrected chi connectivity index (χ4v) is 1.82. The van der Waals surface area contributed by atoms with Gasteiger partial charge in [-0.15, -0.1) is 0 Å². The zero-order valence-electron chi connectivity index (χ0n) is 10.7. The SMILES string of the molecule is Cc1ccncc1-c1noc(-c2ccc(N)c(O)c2)n1. The summed E-state index contributed by atoms with van der Waals surface area (Å²) in [5, 5.41) is 13.5. The normalized spacial score (nSPS) is 10.7. The third kappa shape index (κ3) is 2.07. The molecule has 3 rings (SSSR count). The maximum atomic E-state index is 9.60. The molecule has 6 nitrogen and oxygen atoms in total. The molecule has 0 saturated heterocycles. The Morgan fingerprint density at radius 1 is 1.25 bits per heavy atom. The number of phenolic OH excluding ortho intramolecular Hbond substituents is 1. The third-order valence-corrected chi connectivity index (χ3v) is 2.98. The summed E-state index contributed by atoms with van der Waals surface area (Å²) in [6, 6.07) is 6.66. The number of anilines is 1. The lowest BCUT2D eigenvalue weighted by molar-refractivity contribution is 0.431. The second-order valence-corrected chi connectivity index (χ2v) is 4.39. The molecule has 6 heteroatoms. The van der Waals surface area contributed by atoms with Crippen molar-refractivity contribution in [1.82, 2.24) is 15.1 Å². The molecule has 2 heterocycles. The molecule has 0 unspecified atom stereocenters. The van der Waals surface area contributed by atoms with E-state index in [0.717, 1.165) is 11.1 Å². The number of nitrogen functional groups attached to an aromatic ring is 1. The molecule has 100 valence electrons. The van der Waals surface area contributed by atoms with E-state index in [1.54, 1.807) is 24.5 Å². The van der Waals surface area contributed by atoms with Gasteiger partial charge in [0.05, 0.1) is 5.69 Å². The minimum Gasteiger partial charge on any atom is -0.506 e. The van der Waals surface area contributed by atoms with E-state index >= 15 is 0 Å². The minimum atomic E-state index is -0.0141. The average Bonchev–Trinajstić information content (AvgIpc) is 2.92. The highest BCUT2D eigenvalue weighted by Gasteiger charge is 2.13. The van der Waals surface area contributed by atoms with E-state index in [1.807, 2.05) is 13.0 Å². The van der Waals surface area contributed by atoms with Gasteiger partial charge in [-0.25, -0.2) is 0 Å². The van der Waals surface area contributed by atoms with Crippen LogP contribution in [0.5, 0.6) is 5.75 Å². The maximum absolute atomic E-state index is 9.60. The fourth-order valence-electron chi connectivity index (χ4n) is 1.82. The summed E-state index contributed by atoms with van der Waals surface area (Å²) in [6.07, 6.45) is 3.39. The predicted octanol–water partition coefficient (Wildman–Crippen LogP) is 2.39. The summed E-state index contributed by atoms with van der Waals surface area (Å²) >= 11 is 0. The molecular weight excluding hydrogens is 256 g/mol. The van der Waals surface area contributed by atoms with Crippen molar-refractivity contribution in [2.75, 3.05) is 5.73 Å². The third-order valence-electron chi connectivity index (χ3n) is 2.98. The Bertz CT molecular complexity index is 767. The Morgan fingerprint density at radius 3 is 2.85 bits per heavy atom. The largest absolute Gasteiger partial charge is 0.506 e. The van der Waals surface area contributed by atoms with Crippen LogP contribution in [-0.4, -0.2) is 20.2 Å². The molecule has 0 aliphatic carbocycles. The van der Waals surface area contributed by atoms with Crippen molar-refractivity contribution in [2.24, 2.45) is 0 Å². The van der Waals surface area contributed by atoms with Gasteiger partial charge in [0.2, 0.25) is 5.82 Å². The first-order valence-electron chi connectivity index (χ1n) is 5.98. The number of pyridine rings is 1. The van der Waals surface area contributed by atoms with Crippen LogP contribution >= 0.6 is 0 Å². The molecule has 0 fully saturated rings. The van der Waals surface area contributed by atoms with E-state index < -0.39 is 0 Å². The molecule has 3 N–H and O–H groups in total. The second-order valence-electron chi connectivity index (χ2n) is 4.39. The zero-order valence-corrected chi connectivity index (χ0v) is 10.7. The minimum absolute atomic E-state index is 0.0141. The first-order valence-corrected chi connectivity index (χ1v) is 5.98. The second kappa shape index (κ2) is 4.65. The molecule has 1 aromatic carbocycles. The average molecular weight is 268 g/mol. The molecule has 0 aliphatic heterocycles. The van der Waals surface area contributed by atoms with Gasteiger partial charge in [-0.3, -0.25) is 4.98 Å². The Balaban J connectivity index is 2.02. The van der Waals surface area contributed by atoms with Crippen molar-refractivity contribution in [2.45, 2.75) is 6.92 Å². The van der Waals surface area contributed by atoms with Gasteiger partial charge in [0.25, 0.3) is 5.89 Å². The number of hydrogen-bond acceptors (Lipinski definition) is 6. The van der Waals surface area contributed by atoms with Gasteiger partial charge in [0.15, 0.2) is 0 Å². The van der Waals surface area contributed by atoms with Crippen LogP contribution in [0.15, 0.2) is 41.2 Å². The van der Waals surface area contributed by atoms with Gasteiger partial charge in [-0.05, 0) is 36.8 Å². The first kappa shape index (κ1) is 12.2. The molecular formula is C14H12N4O2. The van der Waals surface area contributed by atoms with Crippen molar-refractivity contribution in [3.63, 3.8) is 0 Å². The molecule has 0 aliphatic rings. The highest BCUT2D eigenvalue weighted by atomic mass is 16.5. The number of nitrogens with zero attached hydrogens (tertiary/aromatic N) is 3. The van der Waals surface area contributed by atoms with Crippen molar-refractivity contribution in [3.05, 3.63) is 42.2 Å². The molecule has 0 spiro atoms. The van der Waals surface area contributed by atoms with Crippen LogP contribution in [0, 0.1) is 6.92 Å². The summed E-state index contributed by atoms with van der Waals surface area (Å²) < 4.78 is 5.21. The van der Waals surface area contributed by atoms with Gasteiger partial charge >= 0.3 is 0 Å². The molecule has 0 bridgehead atoms. The van der Waals surface area contributed by atoms with Gasteiger partial charge < -0.3 is 15.4 Å². The number of aromatic hydroxyl groups is 1. The van der Waals surface area contributed by atoms with E-state index in [-0.39, 0.29) is 5.75 Å². The summed E-state index contributed by atoms with van der Waals surface area (Å²) in [7, 11) is 0. The van der Waals surface area contributed by atoms with Crippen LogP contribution in [0.25, 0.3) is 22.8 Å². The van der Waals surface area contributed by atoms with Crippen molar-refractivity contribution < 1.29 is 9.63 Å². The number of rotatable bonds is 2. The molecule has 0 amide bonds. The number of aromatic nitrogens is 3. The van der Waals surface area contributed by atoms with Gasteiger partial charge in [-0.2, -0.15) is 4.98 Å². The first-order chi connectivity index (χ1) is 9.65. The topological polar surface area (TPSA) is 98.1 Å². The van der Waals surface area contributed by atoms with Crippen LogP contribution in [0.3, 0.4) is 0 Å². The number of aryl methyl sites for hydroxylation is 1. The standard InChI is InChI=1S/C14H12N4O2/c1-8-4-5-16-7-10(8)13-17-14(20-18-13)9-2-3-11(15)12(19)6-9/h2-7,19H,15H2,1H3. The highest BCUT2D eigenvalue weighted by molar-refractivity contribution is 5.66. The Labute approximate surface area is 114 Å². The van der Waals surface area contributed by atoms with E-state index in [4.69, 9.17) is 10.3 Å². The van der Waals surface area contributed by atoms with Crippen molar-refractivity contribution >= 4 is 5.69 Å². The monoisotopic (exact) mass is 268 g/mol. The van der Waals surface area contributed by atoms with E-state index in [1.165, 1.54) is 6.07 Å². The zero-order chi connectivity index (χ0) is 14.1. The van der Waals surface area contributed by atoms with E-state index in [9.17, 15) is 5.11 Å². The van der Waals surface area contributed by atoms with Crippen molar-refractivity contribution in [1.29, 1.82) is 0 Å². The summed E-state index contributed by atoms with van der Waals surface area (Å²) in [5.41, 5.74) is 8.28. The molecule has 0 radical (unpaired) electrons. The van der Waals surface area contributed by atoms with Crippen LogP contribution in [0.2, 0.25) is 0 Å². The van der Waals surface area contributed by atoms with E-state index in [0.29, 0.717) is 23.0 Å². The van der Waals surface area contributed by atoms with Gasteiger partial charge in [0.1, 0.15) is 5.75 Å². The predicted molar refractivity (Wildman–Crippen MR) is 73.8 cm³/mol. The lowest BCUT2D eigenvalue weighted by atomic mass is 10.1. The van der Waals surface area contributed by atoms with Gasteiger partial charge in [0, 0.05) is 23.5 Å². The van der Waals surface area contributed by atoms with Crippen molar-refractivity contribution in [3.8, 4) is 28.6 Å². The summed E-state index contributed by atoms with van der Waals surface area (Å²) in [5.74, 6) is 0.764.